The summed E-state index contributed by atoms with van der Waals surface area (Å²) in [6, 6.07) is 0. The van der Waals surface area contributed by atoms with Crippen molar-refractivity contribution in [2.24, 2.45) is 0 Å². The molecule has 0 aromatic rings. The maximum Gasteiger partial charge on any atom is 0.211 e. The van der Waals surface area contributed by atoms with Crippen molar-refractivity contribution < 1.29 is 13.2 Å². The lowest BCUT2D eigenvalue weighted by molar-refractivity contribution is 0.201. The van der Waals surface area contributed by atoms with Gasteiger partial charge in [-0.3, -0.25) is 0 Å². The monoisotopic (exact) mass is 259 g/mol. The summed E-state index contributed by atoms with van der Waals surface area (Å²) >= 11 is 3.27. The van der Waals surface area contributed by atoms with E-state index < -0.39 is 10.0 Å². The van der Waals surface area contributed by atoms with Gasteiger partial charge in [-0.15, -0.1) is 0 Å². The van der Waals surface area contributed by atoms with Gasteiger partial charge in [-0.2, -0.15) is 0 Å². The predicted octanol–water partition coefficient (Wildman–Crippen LogP) is 0.336. The van der Waals surface area contributed by atoms with Crippen LogP contribution in [-0.2, 0) is 14.8 Å². The van der Waals surface area contributed by atoms with Gasteiger partial charge in [0.25, 0.3) is 0 Å². The first-order chi connectivity index (χ1) is 5.52. The Morgan fingerprint density at radius 2 is 2.17 bits per heavy atom. The van der Waals surface area contributed by atoms with E-state index in [1.165, 1.54) is 0 Å². The third kappa shape index (κ3) is 5.93. The first-order valence-corrected chi connectivity index (χ1v) is 6.19. The van der Waals surface area contributed by atoms with E-state index in [0.717, 1.165) is 0 Å². The van der Waals surface area contributed by atoms with Crippen LogP contribution in [0.4, 0.5) is 0 Å². The van der Waals surface area contributed by atoms with E-state index in [0.29, 0.717) is 13.2 Å². The van der Waals surface area contributed by atoms with Crippen LogP contribution in [0.15, 0.2) is 0 Å². The number of methoxy groups -OCH3 is 1. The average molecular weight is 260 g/mol. The SMILES string of the molecule is CCS(=O)(=O)NCC(Br)COC. The molecule has 6 heteroatoms. The van der Waals surface area contributed by atoms with E-state index in [-0.39, 0.29) is 10.6 Å². The Labute approximate surface area is 81.9 Å². The first-order valence-electron chi connectivity index (χ1n) is 3.62. The normalized spacial score (nSPS) is 14.6. The molecule has 1 unspecified atom stereocenters. The maximum absolute atomic E-state index is 10.9. The van der Waals surface area contributed by atoms with Crippen LogP contribution in [0.25, 0.3) is 0 Å². The lowest BCUT2D eigenvalue weighted by Gasteiger charge is -2.09. The van der Waals surface area contributed by atoms with Crippen molar-refractivity contribution in [3.05, 3.63) is 0 Å². The summed E-state index contributed by atoms with van der Waals surface area (Å²) in [5, 5.41) is 0. The molecule has 0 aromatic heterocycles. The third-order valence-corrected chi connectivity index (χ3v) is 3.21. The zero-order valence-electron chi connectivity index (χ0n) is 7.21. The molecule has 1 N–H and O–H groups in total. The zero-order chi connectivity index (χ0) is 9.61. The number of halogens is 1. The van der Waals surface area contributed by atoms with Gasteiger partial charge in [-0.05, 0) is 6.92 Å². The minimum Gasteiger partial charge on any atom is -0.383 e. The second kappa shape index (κ2) is 5.90. The van der Waals surface area contributed by atoms with Crippen LogP contribution in [0.5, 0.6) is 0 Å². The molecule has 4 nitrogen and oxygen atoms in total. The molecule has 0 radical (unpaired) electrons. The fraction of sp³-hybridized carbons (Fsp3) is 1.00. The molecule has 0 aromatic carbocycles. The summed E-state index contributed by atoms with van der Waals surface area (Å²) in [7, 11) is -1.50. The van der Waals surface area contributed by atoms with Crippen molar-refractivity contribution in [3.63, 3.8) is 0 Å². The molecule has 0 spiro atoms. The molecule has 0 bridgehead atoms. The molecular formula is C6H14BrNO3S. The van der Waals surface area contributed by atoms with Crippen molar-refractivity contribution in [2.75, 3.05) is 26.0 Å². The molecule has 74 valence electrons. The van der Waals surface area contributed by atoms with Crippen LogP contribution in [-0.4, -0.2) is 39.3 Å². The molecule has 0 amide bonds. The van der Waals surface area contributed by atoms with Crippen molar-refractivity contribution in [3.8, 4) is 0 Å². The average Bonchev–Trinajstić information content (AvgIpc) is 2.02. The Kier molecular flexibility index (Phi) is 6.08. The Balaban J connectivity index is 3.68. The van der Waals surface area contributed by atoms with E-state index in [9.17, 15) is 8.42 Å². The Bertz CT molecular complexity index is 205. The Morgan fingerprint density at radius 1 is 1.58 bits per heavy atom. The van der Waals surface area contributed by atoms with E-state index in [4.69, 9.17) is 4.74 Å². The molecule has 0 saturated carbocycles. The summed E-state index contributed by atoms with van der Waals surface area (Å²) in [5.41, 5.74) is 0. The summed E-state index contributed by atoms with van der Waals surface area (Å²) in [5.74, 6) is 0.111. The standard InChI is InChI=1S/C6H14BrNO3S/c1-3-12(9,10)8-4-6(7)5-11-2/h6,8H,3-5H2,1-2H3. The van der Waals surface area contributed by atoms with Crippen LogP contribution >= 0.6 is 15.9 Å². The number of hydrogen-bond acceptors (Lipinski definition) is 3. The van der Waals surface area contributed by atoms with E-state index in [1.807, 2.05) is 0 Å². The molecule has 0 aliphatic heterocycles. The van der Waals surface area contributed by atoms with Gasteiger partial charge in [-0.1, -0.05) is 15.9 Å². The van der Waals surface area contributed by atoms with Crippen molar-refractivity contribution in [2.45, 2.75) is 11.8 Å². The lowest BCUT2D eigenvalue weighted by atomic mass is 10.5. The second-order valence-corrected chi connectivity index (χ2v) is 5.69. The van der Waals surface area contributed by atoms with Gasteiger partial charge >= 0.3 is 0 Å². The number of hydrogen-bond donors (Lipinski definition) is 1. The van der Waals surface area contributed by atoms with E-state index >= 15 is 0 Å². The molecule has 0 saturated heterocycles. The van der Waals surface area contributed by atoms with Crippen LogP contribution in [0.2, 0.25) is 0 Å². The summed E-state index contributed by atoms with van der Waals surface area (Å²) in [6.45, 7) is 2.46. The zero-order valence-corrected chi connectivity index (χ0v) is 9.61. The largest absolute Gasteiger partial charge is 0.383 e. The third-order valence-electron chi connectivity index (χ3n) is 1.25. The van der Waals surface area contributed by atoms with Gasteiger partial charge in [0, 0.05) is 13.7 Å². The van der Waals surface area contributed by atoms with Gasteiger partial charge in [0.2, 0.25) is 10.0 Å². The fourth-order valence-corrected chi connectivity index (χ4v) is 1.86. The smallest absolute Gasteiger partial charge is 0.211 e. The predicted molar refractivity (Wildman–Crippen MR) is 52.1 cm³/mol. The maximum atomic E-state index is 10.9. The van der Waals surface area contributed by atoms with Gasteiger partial charge in [0.05, 0.1) is 17.2 Å². The first kappa shape index (κ1) is 12.3. The molecular weight excluding hydrogens is 246 g/mol. The Morgan fingerprint density at radius 3 is 2.58 bits per heavy atom. The van der Waals surface area contributed by atoms with Gasteiger partial charge in [-0.25, -0.2) is 13.1 Å². The lowest BCUT2D eigenvalue weighted by Crippen LogP contribution is -2.32. The van der Waals surface area contributed by atoms with Crippen LogP contribution < -0.4 is 4.72 Å². The highest BCUT2D eigenvalue weighted by atomic mass is 79.9. The quantitative estimate of drug-likeness (QED) is 0.700. The van der Waals surface area contributed by atoms with Gasteiger partial charge in [0.1, 0.15) is 0 Å². The minimum atomic E-state index is -3.07. The Hall–Kier alpha value is 0.350. The van der Waals surface area contributed by atoms with Gasteiger partial charge in [0.15, 0.2) is 0 Å². The molecule has 0 fully saturated rings. The molecule has 0 heterocycles. The second-order valence-electron chi connectivity index (χ2n) is 2.30. The molecule has 0 rings (SSSR count). The topological polar surface area (TPSA) is 55.4 Å². The molecule has 1 atom stereocenters. The van der Waals surface area contributed by atoms with Crippen molar-refractivity contribution in [1.29, 1.82) is 0 Å². The summed E-state index contributed by atoms with van der Waals surface area (Å²) in [6.07, 6.45) is 0. The van der Waals surface area contributed by atoms with Crippen molar-refractivity contribution in [1.82, 2.24) is 4.72 Å². The summed E-state index contributed by atoms with van der Waals surface area (Å²) < 4.78 is 29.1. The number of rotatable bonds is 6. The van der Waals surface area contributed by atoms with E-state index in [2.05, 4.69) is 20.7 Å². The number of sulfonamides is 1. The highest BCUT2D eigenvalue weighted by Gasteiger charge is 2.09. The van der Waals surface area contributed by atoms with Crippen molar-refractivity contribution >= 4 is 26.0 Å². The molecule has 12 heavy (non-hydrogen) atoms. The molecule has 0 aliphatic carbocycles. The van der Waals surface area contributed by atoms with Crippen LogP contribution in [0.1, 0.15) is 6.92 Å². The number of alkyl halides is 1. The summed E-state index contributed by atoms with van der Waals surface area (Å²) in [4.78, 5) is 0.0313. The molecule has 0 aliphatic rings. The minimum absolute atomic E-state index is 0.0313. The van der Waals surface area contributed by atoms with Crippen LogP contribution in [0, 0.1) is 0 Å². The van der Waals surface area contributed by atoms with E-state index in [1.54, 1.807) is 14.0 Å². The fourth-order valence-electron chi connectivity index (χ4n) is 0.559. The van der Waals surface area contributed by atoms with Gasteiger partial charge < -0.3 is 4.74 Å². The van der Waals surface area contributed by atoms with Crippen LogP contribution in [0.3, 0.4) is 0 Å². The number of ether oxygens (including phenoxy) is 1. The highest BCUT2D eigenvalue weighted by molar-refractivity contribution is 9.09. The highest BCUT2D eigenvalue weighted by Crippen LogP contribution is 1.98. The number of nitrogens with one attached hydrogen (secondary N) is 1.